The maximum absolute atomic E-state index is 4.50. The minimum atomic E-state index is 0.872. The smallest absolute Gasteiger partial charge is 0.193 e. The van der Waals surface area contributed by atoms with Gasteiger partial charge in [-0.3, -0.25) is 4.99 Å². The van der Waals surface area contributed by atoms with Crippen molar-refractivity contribution in [3.63, 3.8) is 0 Å². The fraction of sp³-hybridized carbons (Fsp3) is 0.636. The van der Waals surface area contributed by atoms with Crippen molar-refractivity contribution in [3.05, 3.63) is 15.6 Å². The minimum absolute atomic E-state index is 0.872. The van der Waals surface area contributed by atoms with E-state index in [4.69, 9.17) is 0 Å². The van der Waals surface area contributed by atoms with Crippen LogP contribution >= 0.6 is 11.3 Å². The van der Waals surface area contributed by atoms with Gasteiger partial charge in [-0.15, -0.1) is 11.3 Å². The molecule has 1 aromatic heterocycles. The van der Waals surface area contributed by atoms with Crippen molar-refractivity contribution in [1.29, 1.82) is 0 Å². The summed E-state index contributed by atoms with van der Waals surface area (Å²) in [6.45, 7) is 5.04. The lowest BCUT2D eigenvalue weighted by atomic mass is 10.4. The van der Waals surface area contributed by atoms with Gasteiger partial charge in [0.15, 0.2) is 5.96 Å². The molecule has 0 amide bonds. The first-order chi connectivity index (χ1) is 7.54. The lowest BCUT2D eigenvalue weighted by Gasteiger charge is -2.16. The number of aliphatic imine (C=N–C) groups is 1. The average Bonchev–Trinajstić information content (AvgIpc) is 2.53. The van der Waals surface area contributed by atoms with E-state index in [-0.39, 0.29) is 0 Å². The van der Waals surface area contributed by atoms with Gasteiger partial charge in [0.25, 0.3) is 0 Å². The normalized spacial score (nSPS) is 11.7. The van der Waals surface area contributed by atoms with Gasteiger partial charge in [0, 0.05) is 39.0 Å². The molecule has 16 heavy (non-hydrogen) atoms. The van der Waals surface area contributed by atoms with E-state index in [1.165, 1.54) is 9.88 Å². The Morgan fingerprint density at radius 3 is 2.56 bits per heavy atom. The van der Waals surface area contributed by atoms with E-state index in [9.17, 15) is 0 Å². The zero-order valence-corrected chi connectivity index (χ0v) is 11.5. The summed E-state index contributed by atoms with van der Waals surface area (Å²) < 4.78 is 0. The Kier molecular flexibility index (Phi) is 4.73. The fourth-order valence-corrected chi connectivity index (χ4v) is 2.30. The number of rotatable bonds is 3. The molecular weight excluding hydrogens is 220 g/mol. The molecule has 0 saturated carbocycles. The van der Waals surface area contributed by atoms with Crippen LogP contribution in [-0.4, -0.2) is 43.5 Å². The molecule has 90 valence electrons. The predicted molar refractivity (Wildman–Crippen MR) is 70.3 cm³/mol. The molecule has 0 spiro atoms. The van der Waals surface area contributed by atoms with E-state index in [0.717, 1.165) is 24.6 Å². The Hall–Kier alpha value is -1.10. The number of guanidine groups is 1. The van der Waals surface area contributed by atoms with Crippen LogP contribution in [0.5, 0.6) is 0 Å². The number of hydrogen-bond acceptors (Lipinski definition) is 3. The minimum Gasteiger partial charge on any atom is -0.356 e. The van der Waals surface area contributed by atoms with E-state index < -0.39 is 0 Å². The van der Waals surface area contributed by atoms with E-state index in [0.29, 0.717) is 0 Å². The van der Waals surface area contributed by atoms with Crippen LogP contribution < -0.4 is 5.32 Å². The Labute approximate surface area is 101 Å². The summed E-state index contributed by atoms with van der Waals surface area (Å²) >= 11 is 1.78. The SMILES string of the molecule is CN=C(NCCc1nc(C)c(C)s1)N(C)C. The molecule has 1 rings (SSSR count). The molecular formula is C11H20N4S. The highest BCUT2D eigenvalue weighted by Gasteiger charge is 2.04. The van der Waals surface area contributed by atoms with Crippen LogP contribution in [0, 0.1) is 13.8 Å². The Morgan fingerprint density at radius 1 is 1.44 bits per heavy atom. The van der Waals surface area contributed by atoms with E-state index in [1.54, 1.807) is 18.4 Å². The second kappa shape index (κ2) is 5.84. The fourth-order valence-electron chi connectivity index (χ4n) is 1.36. The quantitative estimate of drug-likeness (QED) is 0.642. The first-order valence-corrected chi connectivity index (χ1v) is 6.17. The first kappa shape index (κ1) is 13.0. The van der Waals surface area contributed by atoms with Crippen molar-refractivity contribution in [3.8, 4) is 0 Å². The summed E-state index contributed by atoms with van der Waals surface area (Å²) in [4.78, 5) is 11.9. The topological polar surface area (TPSA) is 40.5 Å². The lowest BCUT2D eigenvalue weighted by molar-refractivity contribution is 0.583. The summed E-state index contributed by atoms with van der Waals surface area (Å²) in [6, 6.07) is 0. The number of aryl methyl sites for hydroxylation is 2. The van der Waals surface area contributed by atoms with Gasteiger partial charge in [-0.05, 0) is 13.8 Å². The van der Waals surface area contributed by atoms with Crippen LogP contribution in [0.4, 0.5) is 0 Å². The second-order valence-corrected chi connectivity index (χ2v) is 5.16. The summed E-state index contributed by atoms with van der Waals surface area (Å²) in [7, 11) is 5.75. The van der Waals surface area contributed by atoms with Crippen LogP contribution in [0.2, 0.25) is 0 Å². The molecule has 0 radical (unpaired) electrons. The van der Waals surface area contributed by atoms with Crippen molar-refractivity contribution in [1.82, 2.24) is 15.2 Å². The van der Waals surface area contributed by atoms with Crippen molar-refractivity contribution in [2.24, 2.45) is 4.99 Å². The molecule has 0 aliphatic carbocycles. The van der Waals surface area contributed by atoms with Crippen LogP contribution in [0.3, 0.4) is 0 Å². The molecule has 5 heteroatoms. The Morgan fingerprint density at radius 2 is 2.12 bits per heavy atom. The van der Waals surface area contributed by atoms with Gasteiger partial charge < -0.3 is 10.2 Å². The Bertz CT molecular complexity index is 349. The van der Waals surface area contributed by atoms with E-state index in [2.05, 4.69) is 29.1 Å². The Balaban J connectivity index is 2.41. The highest BCUT2D eigenvalue weighted by Crippen LogP contribution is 2.16. The van der Waals surface area contributed by atoms with Crippen molar-refractivity contribution >= 4 is 17.3 Å². The van der Waals surface area contributed by atoms with Gasteiger partial charge in [-0.25, -0.2) is 4.98 Å². The third-order valence-corrected chi connectivity index (χ3v) is 3.46. The molecule has 1 aromatic rings. The largest absolute Gasteiger partial charge is 0.356 e. The van der Waals surface area contributed by atoms with E-state index >= 15 is 0 Å². The predicted octanol–water partition coefficient (Wildman–Crippen LogP) is 1.44. The highest BCUT2D eigenvalue weighted by atomic mass is 32.1. The highest BCUT2D eigenvalue weighted by molar-refractivity contribution is 7.11. The zero-order chi connectivity index (χ0) is 12.1. The number of nitrogens with zero attached hydrogens (tertiary/aromatic N) is 3. The molecule has 0 saturated heterocycles. The number of hydrogen-bond donors (Lipinski definition) is 1. The maximum Gasteiger partial charge on any atom is 0.193 e. The molecule has 4 nitrogen and oxygen atoms in total. The van der Waals surface area contributed by atoms with Crippen LogP contribution in [0.25, 0.3) is 0 Å². The van der Waals surface area contributed by atoms with Gasteiger partial charge in [-0.1, -0.05) is 0 Å². The first-order valence-electron chi connectivity index (χ1n) is 5.35. The summed E-state index contributed by atoms with van der Waals surface area (Å²) in [5.74, 6) is 0.907. The molecule has 0 fully saturated rings. The molecule has 0 aromatic carbocycles. The number of aromatic nitrogens is 1. The summed E-state index contributed by atoms with van der Waals surface area (Å²) in [6.07, 6.45) is 0.951. The van der Waals surface area contributed by atoms with Crippen molar-refractivity contribution in [2.75, 3.05) is 27.7 Å². The number of nitrogens with one attached hydrogen (secondary N) is 1. The van der Waals surface area contributed by atoms with Gasteiger partial charge in [0.05, 0.1) is 10.7 Å². The van der Waals surface area contributed by atoms with E-state index in [1.807, 2.05) is 19.0 Å². The molecule has 0 atom stereocenters. The van der Waals surface area contributed by atoms with Gasteiger partial charge >= 0.3 is 0 Å². The van der Waals surface area contributed by atoms with Crippen LogP contribution in [0.1, 0.15) is 15.6 Å². The monoisotopic (exact) mass is 240 g/mol. The van der Waals surface area contributed by atoms with Gasteiger partial charge in [0.2, 0.25) is 0 Å². The lowest BCUT2D eigenvalue weighted by Crippen LogP contribution is -2.37. The molecule has 1 N–H and O–H groups in total. The zero-order valence-electron chi connectivity index (χ0n) is 10.7. The molecule has 0 aliphatic rings. The number of thiazole rings is 1. The molecule has 0 unspecified atom stereocenters. The summed E-state index contributed by atoms with van der Waals surface area (Å²) in [5, 5.41) is 4.48. The average molecular weight is 240 g/mol. The summed E-state index contributed by atoms with van der Waals surface area (Å²) in [5.41, 5.74) is 1.15. The van der Waals surface area contributed by atoms with Crippen LogP contribution in [0.15, 0.2) is 4.99 Å². The second-order valence-electron chi connectivity index (χ2n) is 3.87. The molecule has 0 bridgehead atoms. The molecule has 0 aliphatic heterocycles. The maximum atomic E-state index is 4.50. The third-order valence-electron chi connectivity index (χ3n) is 2.33. The van der Waals surface area contributed by atoms with Crippen LogP contribution in [-0.2, 0) is 6.42 Å². The van der Waals surface area contributed by atoms with Gasteiger partial charge in [0.1, 0.15) is 0 Å². The van der Waals surface area contributed by atoms with Crippen molar-refractivity contribution in [2.45, 2.75) is 20.3 Å². The molecule has 1 heterocycles. The third kappa shape index (κ3) is 3.48. The van der Waals surface area contributed by atoms with Crippen molar-refractivity contribution < 1.29 is 0 Å². The standard InChI is InChI=1S/C11H20N4S/c1-8-9(2)16-10(14-8)6-7-13-11(12-3)15(4)5/h6-7H2,1-5H3,(H,12,13). The van der Waals surface area contributed by atoms with Gasteiger partial charge in [-0.2, -0.15) is 0 Å².